The van der Waals surface area contributed by atoms with Gasteiger partial charge in [-0.3, -0.25) is 9.78 Å². The third-order valence-corrected chi connectivity index (χ3v) is 3.65. The Morgan fingerprint density at radius 3 is 1.88 bits per heavy atom. The Kier molecular flexibility index (Phi) is 6.00. The highest BCUT2D eigenvalue weighted by Gasteiger charge is 2.57. The van der Waals surface area contributed by atoms with Gasteiger partial charge in [-0.1, -0.05) is 30.3 Å². The summed E-state index contributed by atoms with van der Waals surface area (Å²) in [5, 5.41) is 0. The first-order chi connectivity index (χ1) is 12.1. The molecule has 6 nitrogen and oxygen atoms in total. The van der Waals surface area contributed by atoms with Gasteiger partial charge in [0.15, 0.2) is 5.78 Å². The van der Waals surface area contributed by atoms with E-state index in [0.29, 0.717) is 0 Å². The quantitative estimate of drug-likeness (QED) is 0.437. The van der Waals surface area contributed by atoms with Crippen LogP contribution in [0.5, 0.6) is 0 Å². The third-order valence-electron chi connectivity index (χ3n) is 3.65. The highest BCUT2D eigenvalue weighted by atomic mass is 16.6. The van der Waals surface area contributed by atoms with E-state index in [-0.39, 0.29) is 24.3 Å². The highest BCUT2D eigenvalue weighted by Crippen LogP contribution is 2.32. The van der Waals surface area contributed by atoms with Gasteiger partial charge in [0.05, 0.1) is 13.2 Å². The second-order valence-electron chi connectivity index (χ2n) is 5.12. The molecule has 2 aromatic rings. The van der Waals surface area contributed by atoms with Crippen molar-refractivity contribution >= 4 is 17.7 Å². The van der Waals surface area contributed by atoms with E-state index < -0.39 is 23.1 Å². The SMILES string of the molecule is CCOC(=O)C(C(=O)OCC)(C(=O)c1ccncc1)c1ccccc1. The van der Waals surface area contributed by atoms with Crippen molar-refractivity contribution in [2.75, 3.05) is 13.2 Å². The van der Waals surface area contributed by atoms with E-state index in [4.69, 9.17) is 9.47 Å². The molecule has 2 rings (SSSR count). The van der Waals surface area contributed by atoms with Crippen LogP contribution in [-0.2, 0) is 24.5 Å². The molecule has 6 heteroatoms. The molecular formula is C19H19NO5. The number of carbonyl (C=O) groups excluding carboxylic acids is 3. The summed E-state index contributed by atoms with van der Waals surface area (Å²) in [6.45, 7) is 3.26. The second-order valence-corrected chi connectivity index (χ2v) is 5.12. The number of Topliss-reactive ketones (excluding diaryl/α,β-unsaturated/α-hetero) is 1. The summed E-state index contributed by atoms with van der Waals surface area (Å²) >= 11 is 0. The molecule has 130 valence electrons. The molecule has 0 aliphatic carbocycles. The zero-order chi connectivity index (χ0) is 18.3. The van der Waals surface area contributed by atoms with Gasteiger partial charge in [-0.05, 0) is 31.5 Å². The van der Waals surface area contributed by atoms with Crippen LogP contribution < -0.4 is 0 Å². The average molecular weight is 341 g/mol. The maximum absolute atomic E-state index is 13.3. The summed E-state index contributed by atoms with van der Waals surface area (Å²) < 4.78 is 10.2. The number of carbonyl (C=O) groups is 3. The van der Waals surface area contributed by atoms with E-state index in [0.717, 1.165) is 0 Å². The molecular weight excluding hydrogens is 322 g/mol. The maximum Gasteiger partial charge on any atom is 0.336 e. The fraction of sp³-hybridized carbons (Fsp3) is 0.263. The second kappa shape index (κ2) is 8.19. The van der Waals surface area contributed by atoms with Gasteiger partial charge in [0.2, 0.25) is 0 Å². The summed E-state index contributed by atoms with van der Waals surface area (Å²) in [6, 6.07) is 11.0. The van der Waals surface area contributed by atoms with E-state index in [1.54, 1.807) is 32.0 Å². The Bertz CT molecular complexity index is 725. The first-order valence-electron chi connectivity index (χ1n) is 7.93. The fourth-order valence-electron chi connectivity index (χ4n) is 2.52. The molecule has 1 aromatic heterocycles. The molecule has 0 bridgehead atoms. The molecule has 0 amide bonds. The van der Waals surface area contributed by atoms with Crippen molar-refractivity contribution in [3.63, 3.8) is 0 Å². The number of ketones is 1. The Morgan fingerprint density at radius 1 is 0.880 bits per heavy atom. The van der Waals surface area contributed by atoms with E-state index in [2.05, 4.69) is 4.98 Å². The summed E-state index contributed by atoms with van der Waals surface area (Å²) in [6.07, 6.45) is 2.83. The topological polar surface area (TPSA) is 82.6 Å². The van der Waals surface area contributed by atoms with Crippen molar-refractivity contribution in [3.8, 4) is 0 Å². The smallest absolute Gasteiger partial charge is 0.336 e. The van der Waals surface area contributed by atoms with Crippen LogP contribution in [-0.4, -0.2) is 35.9 Å². The van der Waals surface area contributed by atoms with Gasteiger partial charge >= 0.3 is 11.9 Å². The van der Waals surface area contributed by atoms with Crippen molar-refractivity contribution in [2.24, 2.45) is 0 Å². The number of rotatable bonds is 7. The van der Waals surface area contributed by atoms with E-state index >= 15 is 0 Å². The molecule has 0 unspecified atom stereocenters. The highest BCUT2D eigenvalue weighted by molar-refractivity contribution is 6.30. The van der Waals surface area contributed by atoms with Crippen molar-refractivity contribution in [2.45, 2.75) is 19.3 Å². The van der Waals surface area contributed by atoms with Crippen LogP contribution in [0.25, 0.3) is 0 Å². The van der Waals surface area contributed by atoms with Crippen molar-refractivity contribution in [1.82, 2.24) is 4.98 Å². The molecule has 1 aromatic carbocycles. The molecule has 25 heavy (non-hydrogen) atoms. The standard InChI is InChI=1S/C19H19NO5/c1-3-24-17(22)19(18(23)25-4-2,15-8-6-5-7-9-15)16(21)14-10-12-20-13-11-14/h5-13H,3-4H2,1-2H3. The lowest BCUT2D eigenvalue weighted by molar-refractivity contribution is -0.161. The Labute approximate surface area is 145 Å². The van der Waals surface area contributed by atoms with Gasteiger partial charge in [0.1, 0.15) is 0 Å². The molecule has 0 saturated heterocycles. The van der Waals surface area contributed by atoms with Crippen LogP contribution in [0.1, 0.15) is 29.8 Å². The fourth-order valence-corrected chi connectivity index (χ4v) is 2.52. The number of hydrogen-bond acceptors (Lipinski definition) is 6. The number of benzene rings is 1. The summed E-state index contributed by atoms with van der Waals surface area (Å²) in [5.74, 6) is -2.62. The third kappa shape index (κ3) is 3.42. The molecule has 0 N–H and O–H groups in total. The molecule has 0 aliphatic heterocycles. The lowest BCUT2D eigenvalue weighted by Gasteiger charge is -2.28. The predicted molar refractivity (Wildman–Crippen MR) is 90.0 cm³/mol. The summed E-state index contributed by atoms with van der Waals surface area (Å²) in [5.41, 5.74) is -1.84. The van der Waals surface area contributed by atoms with Gasteiger partial charge in [0.25, 0.3) is 5.41 Å². The Balaban J connectivity index is 2.72. The zero-order valence-corrected chi connectivity index (χ0v) is 14.1. The number of pyridine rings is 1. The van der Waals surface area contributed by atoms with Crippen LogP contribution in [0, 0.1) is 0 Å². The number of esters is 2. The van der Waals surface area contributed by atoms with Gasteiger partial charge in [-0.25, -0.2) is 9.59 Å². The summed E-state index contributed by atoms with van der Waals surface area (Å²) in [4.78, 5) is 42.8. The number of hydrogen-bond donors (Lipinski definition) is 0. The van der Waals surface area contributed by atoms with Crippen LogP contribution >= 0.6 is 0 Å². The number of nitrogens with zero attached hydrogens (tertiary/aromatic N) is 1. The lowest BCUT2D eigenvalue weighted by Crippen LogP contribution is -2.52. The largest absolute Gasteiger partial charge is 0.465 e. The van der Waals surface area contributed by atoms with Crippen molar-refractivity contribution in [1.29, 1.82) is 0 Å². The Morgan fingerprint density at radius 2 is 1.40 bits per heavy atom. The predicted octanol–water partition coefficient (Wildman–Crippen LogP) is 2.33. The van der Waals surface area contributed by atoms with E-state index in [1.165, 1.54) is 36.7 Å². The van der Waals surface area contributed by atoms with Gasteiger partial charge in [-0.2, -0.15) is 0 Å². The van der Waals surface area contributed by atoms with Gasteiger partial charge in [-0.15, -0.1) is 0 Å². The van der Waals surface area contributed by atoms with E-state index in [9.17, 15) is 14.4 Å². The minimum atomic E-state index is -2.21. The van der Waals surface area contributed by atoms with Crippen molar-refractivity contribution < 1.29 is 23.9 Å². The first-order valence-corrected chi connectivity index (χ1v) is 7.93. The lowest BCUT2D eigenvalue weighted by atomic mass is 9.74. The minimum absolute atomic E-state index is 0.0243. The monoisotopic (exact) mass is 341 g/mol. The van der Waals surface area contributed by atoms with Crippen LogP contribution in [0.15, 0.2) is 54.9 Å². The molecule has 0 saturated carbocycles. The summed E-state index contributed by atoms with van der Waals surface area (Å²) in [7, 11) is 0. The van der Waals surface area contributed by atoms with Crippen LogP contribution in [0.4, 0.5) is 0 Å². The van der Waals surface area contributed by atoms with Crippen LogP contribution in [0.2, 0.25) is 0 Å². The van der Waals surface area contributed by atoms with Gasteiger partial charge < -0.3 is 9.47 Å². The average Bonchev–Trinajstić information content (AvgIpc) is 2.64. The molecule has 0 fully saturated rings. The molecule has 1 heterocycles. The zero-order valence-electron chi connectivity index (χ0n) is 14.1. The minimum Gasteiger partial charge on any atom is -0.465 e. The van der Waals surface area contributed by atoms with Crippen molar-refractivity contribution in [3.05, 3.63) is 66.0 Å². The molecule has 0 aliphatic rings. The van der Waals surface area contributed by atoms with Crippen LogP contribution in [0.3, 0.4) is 0 Å². The normalized spacial score (nSPS) is 10.8. The number of aromatic nitrogens is 1. The maximum atomic E-state index is 13.3. The molecule has 0 spiro atoms. The van der Waals surface area contributed by atoms with E-state index in [1.807, 2.05) is 0 Å². The Hall–Kier alpha value is -3.02. The number of ether oxygens (including phenoxy) is 2. The molecule has 0 atom stereocenters. The van der Waals surface area contributed by atoms with Gasteiger partial charge in [0, 0.05) is 18.0 Å². The first kappa shape index (κ1) is 18.3. The molecule has 0 radical (unpaired) electrons.